The summed E-state index contributed by atoms with van der Waals surface area (Å²) in [6, 6.07) is 3.72. The second kappa shape index (κ2) is 75.3. The van der Waals surface area contributed by atoms with Gasteiger partial charge in [0, 0.05) is 39.1 Å². The van der Waals surface area contributed by atoms with Gasteiger partial charge >= 0.3 is 71.1 Å². The summed E-state index contributed by atoms with van der Waals surface area (Å²) in [5, 5.41) is 31.9. The number of phosphoric ester groups is 2. The second-order valence-corrected chi connectivity index (χ2v) is 31.5. The molecule has 0 aliphatic heterocycles. The summed E-state index contributed by atoms with van der Waals surface area (Å²) in [5.41, 5.74) is -0.206. The minimum Gasteiger partial charge on any atom is -0.756 e. The summed E-state index contributed by atoms with van der Waals surface area (Å²) in [6.07, 6.45) is 42.8. The first-order valence-corrected chi connectivity index (χ1v) is 44.8. The van der Waals surface area contributed by atoms with E-state index >= 15 is 0 Å². The average molecular weight is 1620 g/mol. The van der Waals surface area contributed by atoms with E-state index in [0.717, 1.165) is 167 Å². The molecule has 24 nitrogen and oxygen atoms in total. The van der Waals surface area contributed by atoms with Gasteiger partial charge in [0.25, 0.3) is 27.5 Å². The normalized spacial score (nSPS) is 14.3. The monoisotopic (exact) mass is 1610 g/mol. The Morgan fingerprint density at radius 3 is 1.05 bits per heavy atom. The fraction of sp³-hybridized carbons (Fsp3) is 0.805. The summed E-state index contributed by atoms with van der Waals surface area (Å²) < 4.78 is 70.6. The van der Waals surface area contributed by atoms with E-state index in [0.29, 0.717) is 51.4 Å². The van der Waals surface area contributed by atoms with Crippen molar-refractivity contribution in [1.82, 2.24) is 21.3 Å². The molecule has 0 heterocycles. The van der Waals surface area contributed by atoms with Crippen molar-refractivity contribution in [2.45, 2.75) is 361 Å². The maximum atomic E-state index is 13.7. The number of aliphatic hydroxyl groups excluding tert-OH is 2. The molecule has 1 aromatic rings. The number of ether oxygens (including phenoxy) is 4. The van der Waals surface area contributed by atoms with E-state index < -0.39 is 114 Å². The molecule has 626 valence electrons. The average Bonchev–Trinajstić information content (AvgIpc) is 0.843. The number of rotatable bonds is 76. The van der Waals surface area contributed by atoms with Crippen LogP contribution in [0.5, 0.6) is 0 Å². The Hall–Kier alpha value is -2.42. The molecule has 0 saturated heterocycles. The molecule has 28 heteroatoms. The van der Waals surface area contributed by atoms with Crippen LogP contribution in [0, 0.1) is 0 Å². The zero-order valence-electron chi connectivity index (χ0n) is 69.4. The maximum absolute atomic E-state index is 13.7. The number of nitrogens with one attached hydrogen (secondary N) is 4. The van der Waals surface area contributed by atoms with Crippen molar-refractivity contribution in [3.05, 3.63) is 59.7 Å². The van der Waals surface area contributed by atoms with Crippen LogP contribution < -0.4 is 90.2 Å². The molecule has 6 unspecified atom stereocenters. The van der Waals surface area contributed by atoms with Gasteiger partial charge in [-0.1, -0.05) is 232 Å². The maximum Gasteiger partial charge on any atom is 1.00 e. The summed E-state index contributed by atoms with van der Waals surface area (Å²) in [7, 11) is -10.2. The molecule has 0 aliphatic rings. The molecule has 8 atom stereocenters. The molecule has 0 fully saturated rings. The first-order valence-electron chi connectivity index (χ1n) is 41.9. The molecule has 0 radical (unpaired) electrons. The summed E-state index contributed by atoms with van der Waals surface area (Å²) >= 11 is 0. The first-order chi connectivity index (χ1) is 52.2. The Balaban J connectivity index is 0. The smallest absolute Gasteiger partial charge is 0.756 e. The van der Waals surface area contributed by atoms with Gasteiger partial charge in [-0.25, -0.2) is 0 Å². The van der Waals surface area contributed by atoms with E-state index in [2.05, 4.69) is 87.1 Å². The van der Waals surface area contributed by atoms with Gasteiger partial charge in [0.15, 0.2) is 0 Å². The third-order valence-corrected chi connectivity index (χ3v) is 20.3. The molecule has 4 amide bonds. The van der Waals surface area contributed by atoms with Crippen LogP contribution in [0.3, 0.4) is 0 Å². The van der Waals surface area contributed by atoms with Gasteiger partial charge in [-0.05, 0) is 115 Å². The Morgan fingerprint density at radius 2 is 0.709 bits per heavy atom. The Bertz CT molecular complexity index is 2450. The predicted molar refractivity (Wildman–Crippen MR) is 423 cm³/mol. The van der Waals surface area contributed by atoms with E-state index in [1.54, 1.807) is 0 Å². The van der Waals surface area contributed by atoms with Crippen molar-refractivity contribution in [3.63, 3.8) is 0 Å². The number of carbonyl (C=O) groups excluding carboxylic acids is 6. The van der Waals surface area contributed by atoms with Crippen molar-refractivity contribution >= 4 is 51.2 Å². The third kappa shape index (κ3) is 65.7. The quantitative estimate of drug-likeness (QED) is 0.0116. The molecule has 1 aromatic carbocycles. The van der Waals surface area contributed by atoms with Gasteiger partial charge in [-0.15, -0.1) is 0 Å². The summed E-state index contributed by atoms with van der Waals surface area (Å²) in [6.45, 7) is 9.67. The van der Waals surface area contributed by atoms with Crippen LogP contribution in [-0.2, 0) is 65.4 Å². The topological polar surface area (TPSA) is 345 Å². The minimum absolute atomic E-state index is 0. The van der Waals surface area contributed by atoms with Gasteiger partial charge < -0.3 is 78.3 Å². The molecular weight excluding hydrogens is 1470 g/mol. The number of unbranched alkanes of at least 4 members (excludes halogenated alkanes) is 26. The Kier molecular flexibility index (Phi) is 75.1. The largest absolute Gasteiger partial charge is 1.00 e. The standard InChI is InChI=1S/C82H148N4O20P2.2Na/c1-7-13-19-25-27-29-31-37-43-53-79(91)105-73(49-41-35-23-17-11-5)63-77(89)85-69(65-99-59-55-71(87)47-39-33-21-15-9-3)67-103-107(95,96)101-61-57-83-81(93)75-51-45-46-52-76(75)82(94)84-58-62-102-108(97,98)104-68-70(66-100-60-56-72(88)48-40-34-22-16-10-4)86-78(90)64-74(50-42-36-24-18-12-6)106-80(92)54-44-38-32-30-28-26-20-14-8-2;;/h29-32,45-46,51-52,69-74,87-88H,7-28,33-44,47-50,53-68H2,1-6H3,(H,83,93)(H,84,94)(H,85,89)(H,86,90)(H,95,96)(H,97,98);;/q;2*+1/p-2/b31-29-,32-30-;;/t69?,70?,71?,72?,73-,74-;;/m1../s1. The van der Waals surface area contributed by atoms with Crippen molar-refractivity contribution in [2.75, 3.05) is 65.9 Å². The van der Waals surface area contributed by atoms with Gasteiger partial charge in [-0.2, -0.15) is 0 Å². The zero-order valence-corrected chi connectivity index (χ0v) is 75.2. The van der Waals surface area contributed by atoms with Crippen LogP contribution >= 0.6 is 15.6 Å². The Morgan fingerprint density at radius 1 is 0.400 bits per heavy atom. The number of benzene rings is 1. The third-order valence-electron chi connectivity index (χ3n) is 18.4. The predicted octanol–water partition coefficient (Wildman–Crippen LogP) is 10.1. The van der Waals surface area contributed by atoms with Gasteiger partial charge in [0.05, 0.1) is 87.9 Å². The van der Waals surface area contributed by atoms with Crippen LogP contribution in [0.1, 0.15) is 345 Å². The number of aliphatic hydroxyl groups is 2. The fourth-order valence-corrected chi connectivity index (χ4v) is 13.5. The van der Waals surface area contributed by atoms with Gasteiger partial charge in [0.1, 0.15) is 12.2 Å². The van der Waals surface area contributed by atoms with Crippen molar-refractivity contribution in [3.8, 4) is 0 Å². The number of hydrogen-bond donors (Lipinski definition) is 6. The number of carbonyl (C=O) groups is 6. The van der Waals surface area contributed by atoms with E-state index in [1.165, 1.54) is 62.8 Å². The number of allylic oxidation sites excluding steroid dienone is 4. The number of amides is 4. The van der Waals surface area contributed by atoms with Crippen molar-refractivity contribution in [2.24, 2.45) is 0 Å². The molecule has 0 aromatic heterocycles. The molecule has 0 aliphatic carbocycles. The molecule has 1 rings (SSSR count). The van der Waals surface area contributed by atoms with Gasteiger partial charge in [0.2, 0.25) is 11.8 Å². The van der Waals surface area contributed by atoms with Crippen LogP contribution in [0.4, 0.5) is 0 Å². The number of phosphoric acid groups is 2. The van der Waals surface area contributed by atoms with Crippen molar-refractivity contribution in [1.29, 1.82) is 0 Å². The molecule has 0 saturated carbocycles. The Labute approximate surface area is 707 Å². The van der Waals surface area contributed by atoms with Crippen LogP contribution in [-0.4, -0.2) is 148 Å². The second-order valence-electron chi connectivity index (χ2n) is 28.6. The minimum atomic E-state index is -5.09. The number of hydrogen-bond acceptors (Lipinski definition) is 20. The SMILES string of the molecule is CCCCCC/C=C\CCCC(=O)O[C@H](CCCCCCC)CC(=O)NC(COCCC(O)CCCCCCC)COP(=O)([O-])OCCNC(=O)c1ccccc1C(=O)NCCOP(=O)([O-])OCC(COCCC(O)CCCCCCC)NC(=O)C[C@@H](CCCCCCC)OC(=O)CCC/C=C\CCCCCC.[Na+].[Na+]. The van der Waals surface area contributed by atoms with E-state index in [4.69, 9.17) is 37.0 Å². The molecular formula is C82H146N4Na2O20P2. The molecule has 0 spiro atoms. The molecule has 110 heavy (non-hydrogen) atoms. The zero-order chi connectivity index (χ0) is 79.4. The number of esters is 2. The van der Waals surface area contributed by atoms with Crippen LogP contribution in [0.2, 0.25) is 0 Å². The molecule has 0 bridgehead atoms. The summed E-state index contributed by atoms with van der Waals surface area (Å²) in [5.74, 6) is -3.35. The van der Waals surface area contributed by atoms with Crippen molar-refractivity contribution < 1.29 is 154 Å². The molecule has 6 N–H and O–H groups in total. The van der Waals surface area contributed by atoms with Crippen LogP contribution in [0.15, 0.2) is 48.6 Å². The van der Waals surface area contributed by atoms with Gasteiger partial charge in [-0.3, -0.25) is 37.9 Å². The van der Waals surface area contributed by atoms with E-state index in [9.17, 15) is 57.9 Å². The van der Waals surface area contributed by atoms with E-state index in [-0.39, 0.29) is 135 Å². The van der Waals surface area contributed by atoms with Crippen LogP contribution in [0.25, 0.3) is 0 Å². The first kappa shape index (κ1) is 110. The van der Waals surface area contributed by atoms with E-state index in [1.807, 2.05) is 0 Å². The summed E-state index contributed by atoms with van der Waals surface area (Å²) in [4.78, 5) is 107. The fourth-order valence-electron chi connectivity index (χ4n) is 12.0.